The zero-order valence-electron chi connectivity index (χ0n) is 14.6. The van der Waals surface area contributed by atoms with Crippen LogP contribution in [-0.4, -0.2) is 77.2 Å². The second-order valence-corrected chi connectivity index (χ2v) is 7.42. The van der Waals surface area contributed by atoms with Crippen LogP contribution in [0.3, 0.4) is 0 Å². The summed E-state index contributed by atoms with van der Waals surface area (Å²) in [5.74, 6) is -0.338. The Hall–Kier alpha value is -1.51. The lowest BCUT2D eigenvalue weighted by Crippen LogP contribution is -2.55. The molecule has 1 fully saturated rings. The summed E-state index contributed by atoms with van der Waals surface area (Å²) >= 11 is 1.53. The molecule has 0 saturated carbocycles. The molecule has 0 aliphatic carbocycles. The van der Waals surface area contributed by atoms with Gasteiger partial charge in [-0.1, -0.05) is 0 Å². The van der Waals surface area contributed by atoms with Crippen LogP contribution >= 0.6 is 11.3 Å². The first-order valence-electron chi connectivity index (χ1n) is 8.02. The van der Waals surface area contributed by atoms with E-state index in [1.807, 2.05) is 13.8 Å². The largest absolute Gasteiger partial charge is 0.384 e. The second-order valence-electron chi connectivity index (χ2n) is 6.13. The lowest BCUT2D eigenvalue weighted by molar-refractivity contribution is -0.150. The summed E-state index contributed by atoms with van der Waals surface area (Å²) in [6.07, 6.45) is -0.736. The summed E-state index contributed by atoms with van der Waals surface area (Å²) in [5, 5.41) is 10.5. The molecule has 7 nitrogen and oxygen atoms in total. The van der Waals surface area contributed by atoms with Gasteiger partial charge >= 0.3 is 0 Å². The quantitative estimate of drug-likeness (QED) is 0.825. The molecule has 1 aromatic rings. The fraction of sp³-hybridized carbons (Fsp3) is 0.688. The molecule has 2 rings (SSSR count). The Bertz CT molecular complexity index is 602. The summed E-state index contributed by atoms with van der Waals surface area (Å²) in [4.78, 5) is 33.1. The van der Waals surface area contributed by atoms with Crippen molar-refractivity contribution in [2.24, 2.45) is 0 Å². The van der Waals surface area contributed by atoms with Crippen LogP contribution in [0.4, 0.5) is 0 Å². The van der Waals surface area contributed by atoms with Crippen molar-refractivity contribution in [1.82, 2.24) is 14.8 Å². The van der Waals surface area contributed by atoms with Crippen LogP contribution in [0, 0.1) is 13.8 Å². The van der Waals surface area contributed by atoms with Gasteiger partial charge in [-0.2, -0.15) is 0 Å². The van der Waals surface area contributed by atoms with Crippen LogP contribution in [-0.2, 0) is 20.7 Å². The van der Waals surface area contributed by atoms with Gasteiger partial charge in [0, 0.05) is 25.0 Å². The molecule has 1 aliphatic heterocycles. The minimum absolute atomic E-state index is 0.0169. The van der Waals surface area contributed by atoms with E-state index in [0.29, 0.717) is 32.7 Å². The van der Waals surface area contributed by atoms with E-state index in [2.05, 4.69) is 4.98 Å². The Kier molecular flexibility index (Phi) is 6.31. The van der Waals surface area contributed by atoms with Gasteiger partial charge in [0.15, 0.2) is 0 Å². The van der Waals surface area contributed by atoms with Crippen LogP contribution in [0.2, 0.25) is 0 Å². The zero-order chi connectivity index (χ0) is 17.9. The number of carbonyl (C=O) groups excluding carboxylic acids is 2. The molecule has 2 heterocycles. The molecule has 2 unspecified atom stereocenters. The van der Waals surface area contributed by atoms with Gasteiger partial charge in [0.2, 0.25) is 5.91 Å². The van der Waals surface area contributed by atoms with Crippen molar-refractivity contribution in [3.63, 3.8) is 0 Å². The van der Waals surface area contributed by atoms with Gasteiger partial charge in [-0.3, -0.25) is 9.59 Å². The third-order valence-electron chi connectivity index (χ3n) is 4.09. The van der Waals surface area contributed by atoms with Crippen LogP contribution in [0.5, 0.6) is 0 Å². The van der Waals surface area contributed by atoms with E-state index in [0.717, 1.165) is 15.6 Å². The zero-order valence-corrected chi connectivity index (χ0v) is 15.4. The lowest BCUT2D eigenvalue weighted by Gasteiger charge is -2.38. The minimum atomic E-state index is -1.05. The van der Waals surface area contributed by atoms with E-state index in [1.165, 1.54) is 18.3 Å². The third-order valence-corrected chi connectivity index (χ3v) is 5.16. The van der Waals surface area contributed by atoms with E-state index in [4.69, 9.17) is 4.74 Å². The first-order chi connectivity index (χ1) is 11.3. The molecule has 0 aromatic carbocycles. The van der Waals surface area contributed by atoms with E-state index in [9.17, 15) is 14.7 Å². The Morgan fingerprint density at radius 1 is 1.50 bits per heavy atom. The number of likely N-dealkylation sites (N-methyl/N-ethyl adjacent to an activating group) is 1. The van der Waals surface area contributed by atoms with E-state index in [1.54, 1.807) is 16.8 Å². The molecule has 8 heteroatoms. The summed E-state index contributed by atoms with van der Waals surface area (Å²) in [6, 6.07) is -0.237. The van der Waals surface area contributed by atoms with E-state index in [-0.39, 0.29) is 17.9 Å². The summed E-state index contributed by atoms with van der Waals surface area (Å²) < 4.78 is 5.44. The molecule has 24 heavy (non-hydrogen) atoms. The van der Waals surface area contributed by atoms with Crippen molar-refractivity contribution in [3.8, 4) is 0 Å². The number of aliphatic hydroxyl groups is 1. The monoisotopic (exact) mass is 355 g/mol. The maximum absolute atomic E-state index is 12.5. The molecule has 2 atom stereocenters. The molecule has 2 amide bonds. The fourth-order valence-corrected chi connectivity index (χ4v) is 3.69. The highest BCUT2D eigenvalue weighted by Crippen LogP contribution is 2.18. The van der Waals surface area contributed by atoms with Crippen molar-refractivity contribution >= 4 is 23.2 Å². The first kappa shape index (κ1) is 18.8. The Labute approximate surface area is 146 Å². The highest BCUT2D eigenvalue weighted by molar-refractivity contribution is 7.11. The number of carbonyl (C=O) groups is 2. The molecule has 0 radical (unpaired) electrons. The number of aryl methyl sites for hydroxylation is 2. The molecular weight excluding hydrogens is 330 g/mol. The molecular formula is C16H25N3O4S. The number of amides is 2. The van der Waals surface area contributed by atoms with E-state index >= 15 is 0 Å². The van der Waals surface area contributed by atoms with Gasteiger partial charge < -0.3 is 19.6 Å². The second kappa shape index (κ2) is 8.04. The Morgan fingerprint density at radius 3 is 2.79 bits per heavy atom. The Balaban J connectivity index is 1.98. The maximum Gasteiger partial charge on any atom is 0.251 e. The number of hydrogen-bond acceptors (Lipinski definition) is 6. The van der Waals surface area contributed by atoms with Crippen LogP contribution in [0.1, 0.15) is 22.5 Å². The van der Waals surface area contributed by atoms with Crippen LogP contribution < -0.4 is 0 Å². The predicted molar refractivity (Wildman–Crippen MR) is 90.9 cm³/mol. The topological polar surface area (TPSA) is 83.0 Å². The summed E-state index contributed by atoms with van der Waals surface area (Å²) in [5.41, 5.74) is 0.895. The van der Waals surface area contributed by atoms with Crippen LogP contribution in [0.15, 0.2) is 0 Å². The highest BCUT2D eigenvalue weighted by Gasteiger charge is 2.31. The summed E-state index contributed by atoms with van der Waals surface area (Å²) in [7, 11) is 1.73. The lowest BCUT2D eigenvalue weighted by atomic mass is 10.1. The molecule has 1 saturated heterocycles. The van der Waals surface area contributed by atoms with Crippen molar-refractivity contribution in [2.75, 3.05) is 33.4 Å². The number of hydrogen-bond donors (Lipinski definition) is 1. The van der Waals surface area contributed by atoms with Gasteiger partial charge in [0.1, 0.15) is 6.10 Å². The smallest absolute Gasteiger partial charge is 0.251 e. The van der Waals surface area contributed by atoms with Gasteiger partial charge in [-0.25, -0.2) is 4.98 Å². The average molecular weight is 355 g/mol. The van der Waals surface area contributed by atoms with Gasteiger partial charge in [0.05, 0.1) is 36.4 Å². The standard InChI is InChI=1S/C16H25N3O4S/c1-10-14(24-12(3)17-10)7-15(21)18(4)8-13-9-23-6-5-19(13)16(22)11(2)20/h11,13,20H,5-9H2,1-4H3. The van der Waals surface area contributed by atoms with Crippen molar-refractivity contribution < 1.29 is 19.4 Å². The molecule has 1 N–H and O–H groups in total. The summed E-state index contributed by atoms with van der Waals surface area (Å²) in [6.45, 7) is 6.93. The van der Waals surface area contributed by atoms with Crippen molar-refractivity contribution in [2.45, 2.75) is 39.3 Å². The first-order valence-corrected chi connectivity index (χ1v) is 8.84. The molecule has 134 valence electrons. The SMILES string of the molecule is Cc1nc(C)c(CC(=O)N(C)CC2COCCN2C(=O)C(C)O)s1. The number of thiazole rings is 1. The number of morpholine rings is 1. The van der Waals surface area contributed by atoms with Crippen molar-refractivity contribution in [3.05, 3.63) is 15.6 Å². The number of ether oxygens (including phenoxy) is 1. The molecule has 1 aliphatic rings. The number of aromatic nitrogens is 1. The minimum Gasteiger partial charge on any atom is -0.384 e. The number of nitrogens with zero attached hydrogens (tertiary/aromatic N) is 3. The fourth-order valence-electron chi connectivity index (χ4n) is 2.76. The van der Waals surface area contributed by atoms with Crippen LogP contribution in [0.25, 0.3) is 0 Å². The van der Waals surface area contributed by atoms with E-state index < -0.39 is 6.10 Å². The van der Waals surface area contributed by atoms with Crippen molar-refractivity contribution in [1.29, 1.82) is 0 Å². The maximum atomic E-state index is 12.5. The van der Waals surface area contributed by atoms with Gasteiger partial charge in [-0.05, 0) is 20.8 Å². The van der Waals surface area contributed by atoms with Gasteiger partial charge in [0.25, 0.3) is 5.91 Å². The normalized spacial score (nSPS) is 19.2. The third kappa shape index (κ3) is 4.52. The Morgan fingerprint density at radius 2 is 2.21 bits per heavy atom. The highest BCUT2D eigenvalue weighted by atomic mass is 32.1. The number of aliphatic hydroxyl groups excluding tert-OH is 1. The van der Waals surface area contributed by atoms with Gasteiger partial charge in [-0.15, -0.1) is 11.3 Å². The molecule has 0 spiro atoms. The molecule has 0 bridgehead atoms. The number of rotatable bonds is 5. The predicted octanol–water partition coefficient (Wildman–Crippen LogP) is 0.369. The molecule has 1 aromatic heterocycles. The average Bonchev–Trinajstić information content (AvgIpc) is 2.84.